The summed E-state index contributed by atoms with van der Waals surface area (Å²) in [6.45, 7) is 0. The van der Waals surface area contributed by atoms with Crippen molar-refractivity contribution in [3.63, 3.8) is 0 Å². The lowest BCUT2D eigenvalue weighted by Crippen LogP contribution is -2.24. The second kappa shape index (κ2) is 4.81. The third kappa shape index (κ3) is 2.84. The number of amides is 4. The lowest BCUT2D eigenvalue weighted by molar-refractivity contribution is -0.171. The highest BCUT2D eigenvalue weighted by Gasteiger charge is 2.27. The number of aliphatic hydroxyl groups excluding tert-OH is 1. The molecule has 2 heterocycles. The summed E-state index contributed by atoms with van der Waals surface area (Å²) in [6, 6.07) is 0. The molecule has 1 unspecified atom stereocenters. The van der Waals surface area contributed by atoms with Crippen molar-refractivity contribution in [2.45, 2.75) is 25.4 Å². The largest absolute Gasteiger partial charge is 0.383 e. The lowest BCUT2D eigenvalue weighted by atomic mass is 10.3. The maximum atomic E-state index is 10.2. The van der Waals surface area contributed by atoms with E-state index in [0.717, 1.165) is 0 Å². The van der Waals surface area contributed by atoms with Gasteiger partial charge in [0.15, 0.2) is 0 Å². The SMILES string of the molecule is O=C1CC(O)C(=O)N1.O=C1CCC(=O)N1O. The molecule has 0 radical (unpaired) electrons. The first-order valence-corrected chi connectivity index (χ1v) is 4.48. The van der Waals surface area contributed by atoms with Crippen LogP contribution in [0, 0.1) is 0 Å². The van der Waals surface area contributed by atoms with Crippen LogP contribution in [0.2, 0.25) is 0 Å². The summed E-state index contributed by atoms with van der Waals surface area (Å²) in [6.07, 6.45) is -0.897. The van der Waals surface area contributed by atoms with Gasteiger partial charge in [-0.05, 0) is 0 Å². The van der Waals surface area contributed by atoms with Crippen molar-refractivity contribution in [2.75, 3.05) is 0 Å². The first-order chi connectivity index (χ1) is 7.41. The minimum Gasteiger partial charge on any atom is -0.383 e. The van der Waals surface area contributed by atoms with Crippen LogP contribution in [0.25, 0.3) is 0 Å². The van der Waals surface area contributed by atoms with Gasteiger partial charge < -0.3 is 5.11 Å². The zero-order valence-electron chi connectivity index (χ0n) is 8.17. The number of aliphatic hydroxyl groups is 1. The zero-order valence-corrected chi connectivity index (χ0v) is 8.17. The van der Waals surface area contributed by atoms with Crippen molar-refractivity contribution in [3.8, 4) is 0 Å². The molecule has 2 saturated heterocycles. The number of hydrogen-bond donors (Lipinski definition) is 3. The average molecular weight is 230 g/mol. The molecule has 2 aliphatic rings. The first kappa shape index (κ1) is 12.3. The Morgan fingerprint density at radius 2 is 1.62 bits per heavy atom. The minimum atomic E-state index is -1.11. The fraction of sp³-hybridized carbons (Fsp3) is 0.500. The van der Waals surface area contributed by atoms with Crippen LogP contribution in [-0.4, -0.2) is 45.1 Å². The van der Waals surface area contributed by atoms with Crippen molar-refractivity contribution in [1.29, 1.82) is 0 Å². The Morgan fingerprint density at radius 1 is 1.12 bits per heavy atom. The molecule has 0 aromatic rings. The van der Waals surface area contributed by atoms with Gasteiger partial charge in [-0.25, -0.2) is 0 Å². The Hall–Kier alpha value is -1.80. The molecule has 4 amide bonds. The number of nitrogens with zero attached hydrogens (tertiary/aromatic N) is 1. The molecule has 8 nitrogen and oxygen atoms in total. The van der Waals surface area contributed by atoms with Gasteiger partial charge >= 0.3 is 0 Å². The van der Waals surface area contributed by atoms with E-state index in [4.69, 9.17) is 10.3 Å². The topological polar surface area (TPSA) is 124 Å². The van der Waals surface area contributed by atoms with Crippen LogP contribution >= 0.6 is 0 Å². The van der Waals surface area contributed by atoms with Gasteiger partial charge in [0.25, 0.3) is 17.7 Å². The minimum absolute atomic E-state index is 0.0845. The van der Waals surface area contributed by atoms with Crippen molar-refractivity contribution in [1.82, 2.24) is 10.4 Å². The van der Waals surface area contributed by atoms with Crippen LogP contribution in [0.3, 0.4) is 0 Å². The Bertz CT molecular complexity index is 334. The number of carbonyl (C=O) groups excluding carboxylic acids is 4. The molecular formula is C8H10N2O6. The van der Waals surface area contributed by atoms with Crippen LogP contribution in [0.1, 0.15) is 19.3 Å². The van der Waals surface area contributed by atoms with Crippen LogP contribution in [-0.2, 0) is 19.2 Å². The maximum absolute atomic E-state index is 10.2. The molecule has 88 valence electrons. The number of hydroxylamine groups is 2. The van der Waals surface area contributed by atoms with E-state index in [1.165, 1.54) is 0 Å². The normalized spacial score (nSPS) is 24.4. The smallest absolute Gasteiger partial charge is 0.255 e. The molecule has 16 heavy (non-hydrogen) atoms. The highest BCUT2D eigenvalue weighted by atomic mass is 16.5. The Labute approximate surface area is 89.8 Å². The molecular weight excluding hydrogens is 220 g/mol. The van der Waals surface area contributed by atoms with E-state index in [9.17, 15) is 19.2 Å². The van der Waals surface area contributed by atoms with E-state index in [0.29, 0.717) is 0 Å². The predicted octanol–water partition coefficient (Wildman–Crippen LogP) is -2.08. The quantitative estimate of drug-likeness (QED) is 0.324. The number of imide groups is 2. The Balaban J connectivity index is 0.000000160. The van der Waals surface area contributed by atoms with Crippen LogP contribution in [0.4, 0.5) is 0 Å². The zero-order chi connectivity index (χ0) is 12.3. The third-order valence-corrected chi connectivity index (χ3v) is 1.97. The summed E-state index contributed by atoms with van der Waals surface area (Å²) in [4.78, 5) is 40.9. The summed E-state index contributed by atoms with van der Waals surface area (Å²) in [7, 11) is 0. The molecule has 2 fully saturated rings. The molecule has 1 atom stereocenters. The molecule has 3 N–H and O–H groups in total. The third-order valence-electron chi connectivity index (χ3n) is 1.97. The van der Waals surface area contributed by atoms with Crippen molar-refractivity contribution < 1.29 is 29.5 Å². The van der Waals surface area contributed by atoms with Crippen molar-refractivity contribution in [2.24, 2.45) is 0 Å². The van der Waals surface area contributed by atoms with Gasteiger partial charge in [-0.2, -0.15) is 5.06 Å². The van der Waals surface area contributed by atoms with Crippen LogP contribution in [0.5, 0.6) is 0 Å². The van der Waals surface area contributed by atoms with Gasteiger partial charge in [0.05, 0.1) is 6.42 Å². The van der Waals surface area contributed by atoms with Crippen LogP contribution < -0.4 is 5.32 Å². The molecule has 0 aromatic carbocycles. The number of nitrogens with one attached hydrogen (secondary N) is 1. The summed E-state index contributed by atoms with van der Waals surface area (Å²) in [5.74, 6) is -2.00. The Morgan fingerprint density at radius 3 is 1.75 bits per heavy atom. The standard InChI is InChI=1S/2C4H5NO3/c6-3-1-2-4(7)5(3)8;6-2-1-3(7)5-4(2)8/h8H,1-2H2;2,6H,1H2,(H,5,7,8). The maximum Gasteiger partial charge on any atom is 0.255 e. The molecule has 2 rings (SSSR count). The van der Waals surface area contributed by atoms with Gasteiger partial charge in [0, 0.05) is 12.8 Å². The first-order valence-electron chi connectivity index (χ1n) is 4.48. The fourth-order valence-electron chi connectivity index (χ4n) is 1.10. The van der Waals surface area contributed by atoms with E-state index in [1.54, 1.807) is 0 Å². The molecule has 0 aliphatic carbocycles. The second-order valence-corrected chi connectivity index (χ2v) is 3.23. The fourth-order valence-corrected chi connectivity index (χ4v) is 1.10. The molecule has 0 saturated carbocycles. The van der Waals surface area contributed by atoms with Crippen LogP contribution in [0.15, 0.2) is 0 Å². The summed E-state index contributed by atoms with van der Waals surface area (Å²) < 4.78 is 0. The Kier molecular flexibility index (Phi) is 3.69. The second-order valence-electron chi connectivity index (χ2n) is 3.23. The highest BCUT2D eigenvalue weighted by molar-refractivity contribution is 6.04. The van der Waals surface area contributed by atoms with E-state index in [-0.39, 0.29) is 24.3 Å². The summed E-state index contributed by atoms with van der Waals surface area (Å²) in [5.41, 5.74) is 0. The summed E-state index contributed by atoms with van der Waals surface area (Å²) in [5, 5.41) is 19.0. The van der Waals surface area contributed by atoms with Gasteiger partial charge in [-0.15, -0.1) is 0 Å². The van der Waals surface area contributed by atoms with Crippen molar-refractivity contribution >= 4 is 23.6 Å². The molecule has 0 bridgehead atoms. The molecule has 0 spiro atoms. The predicted molar refractivity (Wildman–Crippen MR) is 46.6 cm³/mol. The van der Waals surface area contributed by atoms with Gasteiger partial charge in [-0.3, -0.25) is 29.7 Å². The number of carbonyl (C=O) groups is 4. The molecule has 8 heteroatoms. The number of rotatable bonds is 0. The van der Waals surface area contributed by atoms with Gasteiger partial charge in [-0.1, -0.05) is 0 Å². The van der Waals surface area contributed by atoms with E-state index in [2.05, 4.69) is 0 Å². The molecule has 2 aliphatic heterocycles. The van der Waals surface area contributed by atoms with E-state index >= 15 is 0 Å². The van der Waals surface area contributed by atoms with E-state index in [1.807, 2.05) is 5.32 Å². The monoisotopic (exact) mass is 230 g/mol. The lowest BCUT2D eigenvalue weighted by Gasteiger charge is -1.98. The van der Waals surface area contributed by atoms with Gasteiger partial charge in [0.2, 0.25) is 5.91 Å². The van der Waals surface area contributed by atoms with E-state index < -0.39 is 29.7 Å². The average Bonchev–Trinajstić information content (AvgIpc) is 2.65. The van der Waals surface area contributed by atoms with Crippen molar-refractivity contribution in [3.05, 3.63) is 0 Å². The highest BCUT2D eigenvalue weighted by Crippen LogP contribution is 2.07. The van der Waals surface area contributed by atoms with Gasteiger partial charge in [0.1, 0.15) is 6.10 Å². The molecule has 0 aromatic heterocycles. The summed E-state index contributed by atoms with van der Waals surface area (Å²) >= 11 is 0. The number of hydrogen-bond acceptors (Lipinski definition) is 6.